The zero-order valence-electron chi connectivity index (χ0n) is 20.2. The molecule has 0 radical (unpaired) electrons. The van der Waals surface area contributed by atoms with E-state index in [1.165, 1.54) is 0 Å². The molecule has 0 amide bonds. The van der Waals surface area contributed by atoms with E-state index >= 15 is 0 Å². The summed E-state index contributed by atoms with van der Waals surface area (Å²) >= 11 is 0. The van der Waals surface area contributed by atoms with E-state index in [4.69, 9.17) is 12.9 Å². The van der Waals surface area contributed by atoms with Crippen molar-refractivity contribution in [2.45, 2.75) is 20.5 Å². The fourth-order valence-corrected chi connectivity index (χ4v) is 5.27. The van der Waals surface area contributed by atoms with Crippen LogP contribution in [0.15, 0.2) is 118 Å². The van der Waals surface area contributed by atoms with Crippen LogP contribution in [-0.4, -0.2) is 5.11 Å². The third-order valence-corrected chi connectivity index (χ3v) is 7.06. The highest BCUT2D eigenvalue weighted by atomic mass is 31.1. The first kappa shape index (κ1) is 23.7. The Morgan fingerprint density at radius 1 is 0.667 bits per heavy atom. The number of aliphatic hydroxyl groups is 1. The lowest BCUT2D eigenvalue weighted by Gasteiger charge is -2.06. The summed E-state index contributed by atoms with van der Waals surface area (Å²) < 4.78 is 18.8. The van der Waals surface area contributed by atoms with Gasteiger partial charge >= 0.3 is 8.24 Å². The molecule has 0 atom stereocenters. The molecule has 5 aromatic carbocycles. The number of hydrogen-bond acceptors (Lipinski definition) is 4. The number of para-hydroxylation sites is 1. The molecule has 6 aromatic rings. The van der Waals surface area contributed by atoms with Gasteiger partial charge in [-0.05, 0) is 53.6 Å². The van der Waals surface area contributed by atoms with Gasteiger partial charge in [-0.25, -0.2) is 0 Å². The zero-order valence-corrected chi connectivity index (χ0v) is 21.1. The van der Waals surface area contributed by atoms with Gasteiger partial charge in [-0.3, -0.25) is 0 Å². The van der Waals surface area contributed by atoms with Crippen LogP contribution in [0, 0.1) is 0 Å². The molecule has 0 aliphatic heterocycles. The van der Waals surface area contributed by atoms with Crippen LogP contribution in [-0.2, 0) is 6.61 Å². The summed E-state index contributed by atoms with van der Waals surface area (Å²) in [6.07, 6.45) is 4.00. The maximum atomic E-state index is 9.70. The maximum absolute atomic E-state index is 9.70. The van der Waals surface area contributed by atoms with Gasteiger partial charge < -0.3 is 18.0 Å². The van der Waals surface area contributed by atoms with E-state index in [1.54, 1.807) is 0 Å². The lowest BCUT2D eigenvalue weighted by atomic mass is 9.99. The summed E-state index contributed by atoms with van der Waals surface area (Å²) in [5, 5.41) is 16.2. The van der Waals surface area contributed by atoms with Crippen molar-refractivity contribution in [2.24, 2.45) is 0 Å². The Bertz CT molecular complexity index is 1630. The number of benzene rings is 5. The average molecular weight is 495 g/mol. The molecule has 0 saturated carbocycles. The van der Waals surface area contributed by atoms with Gasteiger partial charge in [-0.1, -0.05) is 91.0 Å². The van der Waals surface area contributed by atoms with Crippen LogP contribution < -0.4 is 4.52 Å². The largest absolute Gasteiger partial charge is 0.453 e. The Morgan fingerprint density at radius 2 is 1.17 bits per heavy atom. The quantitative estimate of drug-likeness (QED) is 0.249. The van der Waals surface area contributed by atoms with Crippen molar-refractivity contribution in [1.82, 2.24) is 0 Å². The van der Waals surface area contributed by atoms with Gasteiger partial charge in [0.2, 0.25) is 0 Å². The van der Waals surface area contributed by atoms with Gasteiger partial charge in [0.1, 0.15) is 16.9 Å². The third kappa shape index (κ3) is 4.61. The minimum absolute atomic E-state index is 0.123. The molecule has 36 heavy (non-hydrogen) atoms. The van der Waals surface area contributed by atoms with Gasteiger partial charge in [-0.2, -0.15) is 0 Å². The summed E-state index contributed by atoms with van der Waals surface area (Å²) in [5.41, 5.74) is 2.11. The molecule has 0 saturated heterocycles. The van der Waals surface area contributed by atoms with Crippen molar-refractivity contribution >= 4 is 51.7 Å². The first-order chi connectivity index (χ1) is 17.7. The molecule has 1 N–H and O–H groups in total. The van der Waals surface area contributed by atoms with E-state index in [0.29, 0.717) is 22.5 Å². The Hall–Kier alpha value is -3.98. The second kappa shape index (κ2) is 10.7. The van der Waals surface area contributed by atoms with Crippen LogP contribution in [0.25, 0.3) is 43.5 Å². The normalized spacial score (nSPS) is 11.2. The van der Waals surface area contributed by atoms with Crippen LogP contribution in [0.3, 0.4) is 0 Å². The Morgan fingerprint density at radius 3 is 1.69 bits per heavy atom. The van der Waals surface area contributed by atoms with Gasteiger partial charge in [0.15, 0.2) is 0 Å². The lowest BCUT2D eigenvalue weighted by molar-refractivity contribution is 0.278. The van der Waals surface area contributed by atoms with Crippen molar-refractivity contribution in [3.05, 3.63) is 115 Å². The van der Waals surface area contributed by atoms with Gasteiger partial charge in [-0.15, -0.1) is 0 Å². The first-order valence-electron chi connectivity index (χ1n) is 11.9. The van der Waals surface area contributed by atoms with Crippen molar-refractivity contribution in [1.29, 1.82) is 0 Å². The average Bonchev–Trinajstić information content (AvgIpc) is 3.10. The number of hydrogen-bond donors (Lipinski definition) is 1. The Labute approximate surface area is 210 Å². The summed E-state index contributed by atoms with van der Waals surface area (Å²) in [6.45, 7) is 3.88. The van der Waals surface area contributed by atoms with Crippen molar-refractivity contribution in [2.75, 3.05) is 0 Å². The predicted molar refractivity (Wildman–Crippen MR) is 150 cm³/mol. The van der Waals surface area contributed by atoms with Crippen LogP contribution in [0.1, 0.15) is 19.4 Å². The van der Waals surface area contributed by atoms with E-state index in [0.717, 1.165) is 32.3 Å². The molecule has 1 aromatic heterocycles. The number of fused-ring (bicyclic) bond motifs is 7. The lowest BCUT2D eigenvalue weighted by Crippen LogP contribution is -1.88. The molecule has 0 unspecified atom stereocenters. The zero-order chi connectivity index (χ0) is 24.9. The molecule has 5 heteroatoms. The molecule has 1 heterocycles. The predicted octanol–water partition coefficient (Wildman–Crippen LogP) is 9.51. The summed E-state index contributed by atoms with van der Waals surface area (Å²) in [6, 6.07) is 32.0. The SMILES string of the molecule is C/C=C\C.OCc1ccccc1Op1oc2ccc3ccccc3c2c2c(ccc3ccccc32)o1. The summed E-state index contributed by atoms with van der Waals surface area (Å²) in [5.74, 6) is 0.549. The summed E-state index contributed by atoms with van der Waals surface area (Å²) in [4.78, 5) is 0. The minimum atomic E-state index is -1.79. The fourth-order valence-electron chi connectivity index (χ4n) is 4.19. The van der Waals surface area contributed by atoms with Gasteiger partial charge in [0.25, 0.3) is 0 Å². The van der Waals surface area contributed by atoms with Crippen LogP contribution >= 0.6 is 8.24 Å². The monoisotopic (exact) mass is 494 g/mol. The molecule has 0 aliphatic carbocycles. The molecule has 180 valence electrons. The highest BCUT2D eigenvalue weighted by Crippen LogP contribution is 2.42. The maximum Gasteiger partial charge on any atom is 0.453 e. The highest BCUT2D eigenvalue weighted by Gasteiger charge is 2.14. The molecular formula is C31H27O4P. The first-order valence-corrected chi connectivity index (χ1v) is 13.0. The molecule has 0 fully saturated rings. The molecule has 0 spiro atoms. The smallest absolute Gasteiger partial charge is 0.392 e. The van der Waals surface area contributed by atoms with Gasteiger partial charge in [0.05, 0.1) is 6.61 Å². The van der Waals surface area contributed by atoms with E-state index in [2.05, 4.69) is 36.4 Å². The van der Waals surface area contributed by atoms with E-state index in [1.807, 2.05) is 86.7 Å². The highest BCUT2D eigenvalue weighted by molar-refractivity contribution is 7.32. The fraction of sp³-hybridized carbons (Fsp3) is 0.0968. The Balaban J connectivity index is 0.000000623. The van der Waals surface area contributed by atoms with Crippen molar-refractivity contribution in [3.8, 4) is 5.75 Å². The molecular weight excluding hydrogens is 467 g/mol. The van der Waals surface area contributed by atoms with Crippen molar-refractivity contribution in [3.63, 3.8) is 0 Å². The molecule has 6 rings (SSSR count). The second-order valence-corrected chi connectivity index (χ2v) is 9.24. The van der Waals surface area contributed by atoms with Crippen LogP contribution in [0.5, 0.6) is 5.75 Å². The topological polar surface area (TPSA) is 55.7 Å². The number of allylic oxidation sites excluding steroid dienone is 2. The van der Waals surface area contributed by atoms with Crippen LogP contribution in [0.4, 0.5) is 0 Å². The third-order valence-electron chi connectivity index (χ3n) is 6.03. The molecule has 0 aliphatic rings. The molecule has 4 nitrogen and oxygen atoms in total. The van der Waals surface area contributed by atoms with Crippen molar-refractivity contribution < 1.29 is 18.0 Å². The Kier molecular flexibility index (Phi) is 7.08. The van der Waals surface area contributed by atoms with Crippen LogP contribution in [0.2, 0.25) is 0 Å². The van der Waals surface area contributed by atoms with E-state index < -0.39 is 8.24 Å². The van der Waals surface area contributed by atoms with E-state index in [-0.39, 0.29) is 6.61 Å². The van der Waals surface area contributed by atoms with E-state index in [9.17, 15) is 5.11 Å². The summed E-state index contributed by atoms with van der Waals surface area (Å²) in [7, 11) is -1.79. The second-order valence-electron chi connectivity index (χ2n) is 8.25. The molecule has 0 bridgehead atoms. The van der Waals surface area contributed by atoms with Gasteiger partial charge in [0, 0.05) is 16.3 Å². The minimum Gasteiger partial charge on any atom is -0.392 e. The number of rotatable bonds is 3. The number of aliphatic hydroxyl groups excluding tert-OH is 1. The standard InChI is InChI=1S/C27H19O4P.C4H8/c28-17-20-9-3-6-12-23(20)29-32-30-24-15-13-18-7-1-4-10-21(18)26(24)27-22-11-5-2-8-19(22)14-16-25(27)31-32;1-3-4-2/h1-16,28H,17H2;3-4H,1-2H3/b;4-3-.